The molecule has 0 radical (unpaired) electrons. The van der Waals surface area contributed by atoms with Gasteiger partial charge in [-0.2, -0.15) is 0 Å². The third-order valence-corrected chi connectivity index (χ3v) is 3.37. The van der Waals surface area contributed by atoms with Crippen LogP contribution in [0.15, 0.2) is 18.7 Å². The Balaban J connectivity index is 2.64. The molecule has 1 aromatic rings. The summed E-state index contributed by atoms with van der Waals surface area (Å²) in [4.78, 5) is 4.11. The summed E-state index contributed by atoms with van der Waals surface area (Å²) in [5.74, 6) is 0.691. The van der Waals surface area contributed by atoms with E-state index in [1.54, 1.807) is 0 Å². The first-order valence-electron chi connectivity index (χ1n) is 5.57. The van der Waals surface area contributed by atoms with Gasteiger partial charge in [-0.3, -0.25) is 0 Å². The smallest absolute Gasteiger partial charge is 0.0951 e. The Labute approximate surface area is 87.4 Å². The molecule has 0 amide bonds. The van der Waals surface area contributed by atoms with E-state index >= 15 is 0 Å². The van der Waals surface area contributed by atoms with Crippen molar-refractivity contribution in [2.45, 2.75) is 52.5 Å². The largest absolute Gasteiger partial charge is 0.332 e. The SMILES string of the molecule is CCCC[C@H](C)C(C)(C)n1ccnc1. The Bertz CT molecular complexity index is 249. The molecule has 1 aromatic heterocycles. The molecule has 14 heavy (non-hydrogen) atoms. The third kappa shape index (κ3) is 2.37. The molecule has 0 aliphatic heterocycles. The lowest BCUT2D eigenvalue weighted by Gasteiger charge is -2.33. The predicted octanol–water partition coefficient (Wildman–Crippen LogP) is 3.44. The molecule has 1 atom stereocenters. The number of unbranched alkanes of at least 4 members (excludes halogenated alkanes) is 1. The topological polar surface area (TPSA) is 17.8 Å². The van der Waals surface area contributed by atoms with Crippen molar-refractivity contribution in [3.8, 4) is 0 Å². The van der Waals surface area contributed by atoms with Gasteiger partial charge in [0.05, 0.1) is 6.33 Å². The van der Waals surface area contributed by atoms with E-state index in [1.807, 2.05) is 12.5 Å². The van der Waals surface area contributed by atoms with Crippen molar-refractivity contribution in [3.05, 3.63) is 18.7 Å². The number of rotatable bonds is 5. The maximum absolute atomic E-state index is 4.11. The van der Waals surface area contributed by atoms with Crippen LogP contribution in [-0.2, 0) is 5.54 Å². The van der Waals surface area contributed by atoms with E-state index in [9.17, 15) is 0 Å². The first-order valence-corrected chi connectivity index (χ1v) is 5.57. The first-order chi connectivity index (χ1) is 6.59. The summed E-state index contributed by atoms with van der Waals surface area (Å²) < 4.78 is 2.22. The molecule has 0 saturated carbocycles. The van der Waals surface area contributed by atoms with Gasteiger partial charge in [-0.05, 0) is 26.2 Å². The summed E-state index contributed by atoms with van der Waals surface area (Å²) in [6, 6.07) is 0. The number of hydrogen-bond donors (Lipinski definition) is 0. The van der Waals surface area contributed by atoms with Gasteiger partial charge in [-0.15, -0.1) is 0 Å². The van der Waals surface area contributed by atoms with Crippen LogP contribution in [0.3, 0.4) is 0 Å². The molecule has 0 fully saturated rings. The summed E-state index contributed by atoms with van der Waals surface area (Å²) in [5.41, 5.74) is 0.186. The summed E-state index contributed by atoms with van der Waals surface area (Å²) in [6.45, 7) is 9.15. The van der Waals surface area contributed by atoms with Crippen LogP contribution >= 0.6 is 0 Å². The summed E-state index contributed by atoms with van der Waals surface area (Å²) in [7, 11) is 0. The van der Waals surface area contributed by atoms with E-state index in [1.165, 1.54) is 19.3 Å². The minimum atomic E-state index is 0.186. The maximum Gasteiger partial charge on any atom is 0.0951 e. The zero-order valence-electron chi connectivity index (χ0n) is 9.83. The van der Waals surface area contributed by atoms with E-state index in [-0.39, 0.29) is 5.54 Å². The monoisotopic (exact) mass is 194 g/mol. The second-order valence-electron chi connectivity index (χ2n) is 4.67. The van der Waals surface area contributed by atoms with Crippen LogP contribution in [0.2, 0.25) is 0 Å². The second kappa shape index (κ2) is 4.63. The van der Waals surface area contributed by atoms with Gasteiger partial charge in [0.15, 0.2) is 0 Å². The second-order valence-corrected chi connectivity index (χ2v) is 4.67. The minimum absolute atomic E-state index is 0.186. The lowest BCUT2D eigenvalue weighted by Crippen LogP contribution is -2.32. The highest BCUT2D eigenvalue weighted by Crippen LogP contribution is 2.28. The fourth-order valence-electron chi connectivity index (χ4n) is 1.72. The maximum atomic E-state index is 4.11. The molecule has 1 heterocycles. The molecular formula is C12H22N2. The zero-order valence-corrected chi connectivity index (χ0v) is 9.83. The number of imidazole rings is 1. The molecular weight excluding hydrogens is 172 g/mol. The molecule has 0 N–H and O–H groups in total. The van der Waals surface area contributed by atoms with Crippen molar-refractivity contribution in [1.29, 1.82) is 0 Å². The van der Waals surface area contributed by atoms with Crippen molar-refractivity contribution in [2.75, 3.05) is 0 Å². The highest BCUT2D eigenvalue weighted by Gasteiger charge is 2.26. The molecule has 2 nitrogen and oxygen atoms in total. The number of aromatic nitrogens is 2. The fraction of sp³-hybridized carbons (Fsp3) is 0.750. The van der Waals surface area contributed by atoms with Crippen LogP contribution in [0.25, 0.3) is 0 Å². The highest BCUT2D eigenvalue weighted by molar-refractivity contribution is 4.89. The van der Waals surface area contributed by atoms with Crippen molar-refractivity contribution in [3.63, 3.8) is 0 Å². The summed E-state index contributed by atoms with van der Waals surface area (Å²) in [6.07, 6.45) is 9.73. The average Bonchev–Trinajstić information content (AvgIpc) is 2.67. The first kappa shape index (κ1) is 11.3. The van der Waals surface area contributed by atoms with E-state index in [0.29, 0.717) is 5.92 Å². The van der Waals surface area contributed by atoms with E-state index in [2.05, 4.69) is 43.4 Å². The van der Waals surface area contributed by atoms with Gasteiger partial charge in [0.1, 0.15) is 0 Å². The Hall–Kier alpha value is -0.790. The molecule has 0 bridgehead atoms. The molecule has 1 rings (SSSR count). The summed E-state index contributed by atoms with van der Waals surface area (Å²) >= 11 is 0. The Morgan fingerprint density at radius 2 is 2.14 bits per heavy atom. The van der Waals surface area contributed by atoms with Gasteiger partial charge in [0.25, 0.3) is 0 Å². The van der Waals surface area contributed by atoms with E-state index < -0.39 is 0 Å². The minimum Gasteiger partial charge on any atom is -0.332 e. The van der Waals surface area contributed by atoms with Crippen molar-refractivity contribution in [1.82, 2.24) is 9.55 Å². The van der Waals surface area contributed by atoms with Gasteiger partial charge < -0.3 is 4.57 Å². The molecule has 0 aliphatic carbocycles. The van der Waals surface area contributed by atoms with Crippen LogP contribution in [0.5, 0.6) is 0 Å². The Kier molecular flexibility index (Phi) is 3.73. The number of hydrogen-bond acceptors (Lipinski definition) is 1. The van der Waals surface area contributed by atoms with Gasteiger partial charge in [0, 0.05) is 17.9 Å². The van der Waals surface area contributed by atoms with Crippen molar-refractivity contribution < 1.29 is 0 Å². The Morgan fingerprint density at radius 3 is 2.64 bits per heavy atom. The standard InChI is InChI=1S/C12H22N2/c1-5-6-7-11(2)12(3,4)14-9-8-13-10-14/h8-11H,5-7H2,1-4H3/t11-/m0/s1. The van der Waals surface area contributed by atoms with Gasteiger partial charge in [0.2, 0.25) is 0 Å². The lowest BCUT2D eigenvalue weighted by atomic mass is 9.85. The highest BCUT2D eigenvalue weighted by atomic mass is 15.1. The number of nitrogens with zero attached hydrogens (tertiary/aromatic N) is 2. The van der Waals surface area contributed by atoms with Crippen LogP contribution in [0.1, 0.15) is 47.0 Å². The van der Waals surface area contributed by atoms with E-state index in [4.69, 9.17) is 0 Å². The predicted molar refractivity (Wildman–Crippen MR) is 60.2 cm³/mol. The van der Waals surface area contributed by atoms with Gasteiger partial charge in [-0.25, -0.2) is 4.98 Å². The fourth-order valence-corrected chi connectivity index (χ4v) is 1.72. The van der Waals surface area contributed by atoms with Crippen LogP contribution in [0, 0.1) is 5.92 Å². The quantitative estimate of drug-likeness (QED) is 0.702. The van der Waals surface area contributed by atoms with E-state index in [0.717, 1.165) is 0 Å². The molecule has 0 aliphatic rings. The molecule has 2 heteroatoms. The third-order valence-electron chi connectivity index (χ3n) is 3.37. The van der Waals surface area contributed by atoms with Gasteiger partial charge in [-0.1, -0.05) is 26.7 Å². The zero-order chi connectivity index (χ0) is 10.6. The Morgan fingerprint density at radius 1 is 1.43 bits per heavy atom. The molecule has 0 saturated heterocycles. The molecule has 0 aromatic carbocycles. The van der Waals surface area contributed by atoms with Crippen LogP contribution in [-0.4, -0.2) is 9.55 Å². The molecule has 0 unspecified atom stereocenters. The van der Waals surface area contributed by atoms with Crippen molar-refractivity contribution >= 4 is 0 Å². The van der Waals surface area contributed by atoms with Crippen molar-refractivity contribution in [2.24, 2.45) is 5.92 Å². The molecule has 0 spiro atoms. The summed E-state index contributed by atoms with van der Waals surface area (Å²) in [5, 5.41) is 0. The molecule has 80 valence electrons. The lowest BCUT2D eigenvalue weighted by molar-refractivity contribution is 0.216. The average molecular weight is 194 g/mol. The van der Waals surface area contributed by atoms with Gasteiger partial charge >= 0.3 is 0 Å². The normalized spacial score (nSPS) is 14.3. The van der Waals surface area contributed by atoms with Crippen LogP contribution < -0.4 is 0 Å². The van der Waals surface area contributed by atoms with Crippen LogP contribution in [0.4, 0.5) is 0 Å².